The Balaban J connectivity index is 0.000000284. The molecule has 2 nitrogen and oxygen atoms in total. The summed E-state index contributed by atoms with van der Waals surface area (Å²) < 4.78 is 0. The van der Waals surface area contributed by atoms with E-state index >= 15 is 0 Å². The van der Waals surface area contributed by atoms with Gasteiger partial charge in [0.15, 0.2) is 0 Å². The van der Waals surface area contributed by atoms with E-state index in [1.165, 1.54) is 11.1 Å². The summed E-state index contributed by atoms with van der Waals surface area (Å²) in [7, 11) is 0. The van der Waals surface area contributed by atoms with Crippen molar-refractivity contribution < 1.29 is 19.5 Å². The van der Waals surface area contributed by atoms with Crippen LogP contribution in [0, 0.1) is 0 Å². The molecule has 2 heterocycles. The van der Waals surface area contributed by atoms with Crippen molar-refractivity contribution in [3.63, 3.8) is 0 Å². The standard InChI is InChI=1S/2C7H9N.Ru/c2*1-2-7-4-3-5-8-6-7;/h2*3-6H,2H2,1H3;/q;;+3. The minimum Gasteiger partial charge on any atom is -0.264 e. The molecule has 1 radical (unpaired) electrons. The maximum atomic E-state index is 3.96. The number of aryl methyl sites for hydroxylation is 2. The molecular formula is C14H18N2Ru+3. The quantitative estimate of drug-likeness (QED) is 0.795. The Kier molecular flexibility index (Phi) is 9.46. The van der Waals surface area contributed by atoms with Crippen LogP contribution in [-0.4, -0.2) is 9.97 Å². The van der Waals surface area contributed by atoms with E-state index in [-0.39, 0.29) is 19.5 Å². The molecule has 17 heavy (non-hydrogen) atoms. The Morgan fingerprint density at radius 1 is 0.824 bits per heavy atom. The van der Waals surface area contributed by atoms with Crippen molar-refractivity contribution in [1.82, 2.24) is 9.97 Å². The summed E-state index contributed by atoms with van der Waals surface area (Å²) in [6.45, 7) is 4.24. The SMILES string of the molecule is CCc1cccnc1.CCc1cccnc1.[Ru+3]. The number of aromatic nitrogens is 2. The molecule has 0 spiro atoms. The van der Waals surface area contributed by atoms with Gasteiger partial charge < -0.3 is 0 Å². The molecule has 0 saturated carbocycles. The molecule has 2 aromatic heterocycles. The summed E-state index contributed by atoms with van der Waals surface area (Å²) in [5.41, 5.74) is 2.60. The Hall–Kier alpha value is -1.08. The third-order valence-corrected chi connectivity index (χ3v) is 2.26. The molecule has 0 atom stereocenters. The van der Waals surface area contributed by atoms with E-state index in [0.717, 1.165) is 12.8 Å². The molecule has 2 aromatic rings. The molecule has 2 rings (SSSR count). The molecule has 0 saturated heterocycles. The molecule has 0 fully saturated rings. The first-order chi connectivity index (χ1) is 7.86. The van der Waals surface area contributed by atoms with Crippen LogP contribution in [0.5, 0.6) is 0 Å². The summed E-state index contributed by atoms with van der Waals surface area (Å²) in [5.74, 6) is 0. The summed E-state index contributed by atoms with van der Waals surface area (Å²) >= 11 is 0. The van der Waals surface area contributed by atoms with Crippen LogP contribution in [-0.2, 0) is 32.3 Å². The zero-order chi connectivity index (χ0) is 11.6. The van der Waals surface area contributed by atoms with E-state index in [1.54, 1.807) is 12.4 Å². The fraction of sp³-hybridized carbons (Fsp3) is 0.286. The predicted molar refractivity (Wildman–Crippen MR) is 67.2 cm³/mol. The second kappa shape index (κ2) is 10.1. The Labute approximate surface area is 116 Å². The smallest absolute Gasteiger partial charge is 0.264 e. The molecule has 0 aliphatic heterocycles. The molecule has 0 aliphatic carbocycles. The van der Waals surface area contributed by atoms with Gasteiger partial charge in [0.25, 0.3) is 0 Å². The Morgan fingerprint density at radius 3 is 1.41 bits per heavy atom. The number of rotatable bonds is 2. The minimum absolute atomic E-state index is 0. The largest absolute Gasteiger partial charge is 3.00 e. The van der Waals surface area contributed by atoms with Gasteiger partial charge in [0, 0.05) is 24.8 Å². The zero-order valence-corrected chi connectivity index (χ0v) is 12.0. The monoisotopic (exact) mass is 316 g/mol. The fourth-order valence-electron chi connectivity index (χ4n) is 1.21. The van der Waals surface area contributed by atoms with Gasteiger partial charge in [0.2, 0.25) is 0 Å². The van der Waals surface area contributed by atoms with Gasteiger partial charge in [-0.3, -0.25) is 9.97 Å². The van der Waals surface area contributed by atoms with Crippen LogP contribution < -0.4 is 0 Å². The van der Waals surface area contributed by atoms with Gasteiger partial charge >= 0.3 is 19.5 Å². The van der Waals surface area contributed by atoms with Gasteiger partial charge in [0.1, 0.15) is 0 Å². The van der Waals surface area contributed by atoms with E-state index in [0.29, 0.717) is 0 Å². The molecular weight excluding hydrogens is 297 g/mol. The summed E-state index contributed by atoms with van der Waals surface area (Å²) in [6.07, 6.45) is 9.51. The second-order valence-corrected chi connectivity index (χ2v) is 3.43. The first-order valence-electron chi connectivity index (χ1n) is 5.64. The average Bonchev–Trinajstić information content (AvgIpc) is 2.41. The number of pyridine rings is 2. The van der Waals surface area contributed by atoms with Crippen LogP contribution in [0.4, 0.5) is 0 Å². The van der Waals surface area contributed by atoms with Crippen molar-refractivity contribution in [1.29, 1.82) is 0 Å². The van der Waals surface area contributed by atoms with E-state index in [4.69, 9.17) is 0 Å². The van der Waals surface area contributed by atoms with E-state index < -0.39 is 0 Å². The van der Waals surface area contributed by atoms with Crippen LogP contribution in [0.3, 0.4) is 0 Å². The molecule has 0 bridgehead atoms. The van der Waals surface area contributed by atoms with Crippen molar-refractivity contribution in [2.24, 2.45) is 0 Å². The van der Waals surface area contributed by atoms with Gasteiger partial charge in [-0.15, -0.1) is 0 Å². The number of hydrogen-bond donors (Lipinski definition) is 0. The van der Waals surface area contributed by atoms with Crippen LogP contribution in [0.15, 0.2) is 49.1 Å². The maximum absolute atomic E-state index is 3.96. The van der Waals surface area contributed by atoms with Crippen molar-refractivity contribution in [2.45, 2.75) is 26.7 Å². The number of nitrogens with zero attached hydrogens (tertiary/aromatic N) is 2. The van der Waals surface area contributed by atoms with Crippen molar-refractivity contribution in [3.8, 4) is 0 Å². The van der Waals surface area contributed by atoms with Crippen molar-refractivity contribution >= 4 is 0 Å². The van der Waals surface area contributed by atoms with Crippen LogP contribution >= 0.6 is 0 Å². The Morgan fingerprint density at radius 2 is 1.24 bits per heavy atom. The van der Waals surface area contributed by atoms with Crippen LogP contribution in [0.2, 0.25) is 0 Å². The van der Waals surface area contributed by atoms with Crippen molar-refractivity contribution in [2.75, 3.05) is 0 Å². The van der Waals surface area contributed by atoms with Crippen LogP contribution in [0.25, 0.3) is 0 Å². The van der Waals surface area contributed by atoms with Crippen LogP contribution in [0.1, 0.15) is 25.0 Å². The number of hydrogen-bond acceptors (Lipinski definition) is 2. The predicted octanol–water partition coefficient (Wildman–Crippen LogP) is 3.29. The third-order valence-electron chi connectivity index (χ3n) is 2.26. The van der Waals surface area contributed by atoms with Crippen molar-refractivity contribution in [3.05, 3.63) is 60.2 Å². The molecule has 0 unspecified atom stereocenters. The summed E-state index contributed by atoms with van der Waals surface area (Å²) in [5, 5.41) is 0. The van der Waals surface area contributed by atoms with Gasteiger partial charge in [-0.2, -0.15) is 0 Å². The van der Waals surface area contributed by atoms with Gasteiger partial charge in [0.05, 0.1) is 0 Å². The van der Waals surface area contributed by atoms with Gasteiger partial charge in [-0.05, 0) is 36.1 Å². The molecule has 0 N–H and O–H groups in total. The summed E-state index contributed by atoms with van der Waals surface area (Å²) in [4.78, 5) is 7.91. The van der Waals surface area contributed by atoms with Gasteiger partial charge in [-0.1, -0.05) is 26.0 Å². The van der Waals surface area contributed by atoms with E-state index in [2.05, 4.69) is 35.9 Å². The molecule has 89 valence electrons. The molecule has 3 heteroatoms. The molecule has 0 aromatic carbocycles. The normalized spacial score (nSPS) is 8.59. The first-order valence-corrected chi connectivity index (χ1v) is 5.64. The molecule has 0 amide bonds. The third kappa shape index (κ3) is 6.96. The van der Waals surface area contributed by atoms with Gasteiger partial charge in [-0.25, -0.2) is 0 Å². The summed E-state index contributed by atoms with van der Waals surface area (Å²) in [6, 6.07) is 8.07. The second-order valence-electron chi connectivity index (χ2n) is 3.43. The average molecular weight is 315 g/mol. The molecule has 0 aliphatic rings. The minimum atomic E-state index is 0. The Bertz CT molecular complexity index is 336. The van der Waals surface area contributed by atoms with E-state index in [1.807, 2.05) is 24.5 Å². The topological polar surface area (TPSA) is 25.8 Å². The maximum Gasteiger partial charge on any atom is 3.00 e. The fourth-order valence-corrected chi connectivity index (χ4v) is 1.21. The van der Waals surface area contributed by atoms with E-state index in [9.17, 15) is 0 Å². The first kappa shape index (κ1) is 15.9. The zero-order valence-electron chi connectivity index (χ0n) is 10.3.